The summed E-state index contributed by atoms with van der Waals surface area (Å²) in [5.74, 6) is -1.05. The van der Waals surface area contributed by atoms with Gasteiger partial charge in [-0.15, -0.1) is 4.33 Å². The fraction of sp³-hybridized carbons (Fsp3) is 0.101. The third-order valence-corrected chi connectivity index (χ3v) is 19.2. The lowest BCUT2D eigenvalue weighted by Crippen LogP contribution is -2.54. The minimum atomic E-state index is -5.90. The zero-order chi connectivity index (χ0) is 79.9. The van der Waals surface area contributed by atoms with Crippen molar-refractivity contribution in [1.29, 1.82) is 21.0 Å². The Labute approximate surface area is 631 Å². The molecule has 0 spiro atoms. The molecule has 0 aromatic heterocycles. The molecule has 0 aliphatic carbocycles. The molecule has 0 amide bonds. The fourth-order valence-electron chi connectivity index (χ4n) is 11.8. The second-order valence-electron chi connectivity index (χ2n) is 23.6. The minimum Gasteiger partial charge on any atom is -0.456 e. The van der Waals surface area contributed by atoms with Gasteiger partial charge in [-0.25, -0.2) is 5.26 Å². The average molecular weight is 1590 g/mol. The number of alkyl halides is 12. The molecular formula is C79H46Cl2F12N4O11S2. The summed E-state index contributed by atoms with van der Waals surface area (Å²) in [6.07, 6.45) is -23.4. The van der Waals surface area contributed by atoms with Crippen molar-refractivity contribution in [2.24, 2.45) is 0 Å². The van der Waals surface area contributed by atoms with Crippen LogP contribution in [0.15, 0.2) is 240 Å². The lowest BCUT2D eigenvalue weighted by atomic mass is 9.73. The molecule has 11 aromatic rings. The lowest BCUT2D eigenvalue weighted by Gasteiger charge is -2.38. The Morgan fingerprint density at radius 2 is 0.782 bits per heavy atom. The summed E-state index contributed by atoms with van der Waals surface area (Å²) in [5.41, 5.74) is -10.4. The summed E-state index contributed by atoms with van der Waals surface area (Å²) in [6, 6.07) is 52.6. The normalized spacial score (nSPS) is 11.9. The largest absolute Gasteiger partial charge is 0.456 e. The zero-order valence-corrected chi connectivity index (χ0v) is 59.0. The topological polar surface area (TPSA) is 242 Å². The first-order valence-electron chi connectivity index (χ1n) is 31.4. The molecule has 0 radical (unpaired) electrons. The molecule has 558 valence electrons. The van der Waals surface area contributed by atoms with Crippen molar-refractivity contribution in [1.82, 2.24) is 0 Å². The number of rotatable bonds is 20. The van der Waals surface area contributed by atoms with Crippen LogP contribution in [0.4, 0.5) is 52.7 Å². The van der Waals surface area contributed by atoms with Crippen molar-refractivity contribution in [2.75, 3.05) is 0 Å². The summed E-state index contributed by atoms with van der Waals surface area (Å²) in [4.78, 5) is 13.6. The van der Waals surface area contributed by atoms with Crippen LogP contribution in [0.3, 0.4) is 0 Å². The van der Waals surface area contributed by atoms with Gasteiger partial charge in [0.25, 0.3) is 10.1 Å². The molecule has 0 atom stereocenters. The van der Waals surface area contributed by atoms with E-state index >= 15 is 26.3 Å². The van der Waals surface area contributed by atoms with Crippen molar-refractivity contribution in [3.05, 3.63) is 307 Å². The predicted octanol–water partition coefficient (Wildman–Crippen LogP) is 23.0. The Balaban J connectivity index is 0.000000267. The maximum absolute atomic E-state index is 15.0. The van der Waals surface area contributed by atoms with Crippen LogP contribution in [0.1, 0.15) is 71.6 Å². The van der Waals surface area contributed by atoms with Gasteiger partial charge < -0.3 is 18.9 Å². The molecule has 0 unspecified atom stereocenters. The van der Waals surface area contributed by atoms with Gasteiger partial charge in [-0.3, -0.25) is 9.35 Å². The summed E-state index contributed by atoms with van der Waals surface area (Å²) in [5, 5.41) is 50.8. The molecule has 2 N–H and O–H groups in total. The number of hydrogen-bond acceptors (Lipinski definition) is 15. The number of ketones is 1. The number of hydrogen-bond donors (Lipinski definition) is 2. The van der Waals surface area contributed by atoms with Gasteiger partial charge in [0, 0.05) is 21.6 Å². The summed E-state index contributed by atoms with van der Waals surface area (Å²) < 4.78 is 237. The maximum Gasteiger partial charge on any atom is 0.411 e. The molecule has 0 saturated carbocycles. The van der Waals surface area contributed by atoms with E-state index in [4.69, 9.17) is 47.4 Å². The van der Waals surface area contributed by atoms with Gasteiger partial charge in [0.1, 0.15) is 87.0 Å². The molecule has 11 rings (SSSR count). The van der Waals surface area contributed by atoms with Gasteiger partial charge in [0.2, 0.25) is 10.8 Å². The molecule has 110 heavy (non-hydrogen) atoms. The van der Waals surface area contributed by atoms with Crippen LogP contribution in [-0.2, 0) is 30.3 Å². The first-order chi connectivity index (χ1) is 52.0. The molecule has 0 fully saturated rings. The monoisotopic (exact) mass is 1590 g/mol. The molecule has 11 aromatic carbocycles. The van der Waals surface area contributed by atoms with Gasteiger partial charge >= 0.3 is 24.7 Å². The van der Waals surface area contributed by atoms with E-state index in [0.717, 1.165) is 60.7 Å². The molecule has 31 heteroatoms. The van der Waals surface area contributed by atoms with Crippen LogP contribution in [0.2, 0.25) is 10.0 Å². The van der Waals surface area contributed by atoms with E-state index in [1.165, 1.54) is 72.8 Å². The summed E-state index contributed by atoms with van der Waals surface area (Å²) in [7, 11) is -4.59. The van der Waals surface area contributed by atoms with Crippen molar-refractivity contribution >= 4 is 51.1 Å². The molecule has 0 aliphatic heterocycles. The maximum atomic E-state index is 15.0. The molecule has 15 nitrogen and oxygen atoms in total. The van der Waals surface area contributed by atoms with Crippen LogP contribution >= 0.6 is 35.2 Å². The number of benzene rings is 11. The third kappa shape index (κ3) is 16.4. The van der Waals surface area contributed by atoms with Crippen LogP contribution in [0.25, 0.3) is 22.3 Å². The van der Waals surface area contributed by atoms with E-state index in [1.807, 2.05) is 24.3 Å². The highest BCUT2D eigenvalue weighted by Gasteiger charge is 2.73. The Morgan fingerprint density at radius 1 is 0.418 bits per heavy atom. The quantitative estimate of drug-likeness (QED) is 0.0180. The number of carbonyl (C=O) groups is 1. The van der Waals surface area contributed by atoms with E-state index in [1.54, 1.807) is 62.4 Å². The second-order valence-corrected chi connectivity index (χ2v) is 26.6. The summed E-state index contributed by atoms with van der Waals surface area (Å²) >= 11 is 12.3. The van der Waals surface area contributed by atoms with Gasteiger partial charge in [-0.2, -0.15) is 82.2 Å². The number of halogens is 14. The van der Waals surface area contributed by atoms with Crippen molar-refractivity contribution in [3.63, 3.8) is 0 Å². The van der Waals surface area contributed by atoms with Crippen molar-refractivity contribution < 1.29 is 104 Å². The number of ether oxygens (including phenoxy) is 4. The Kier molecular flexibility index (Phi) is 23.8. The van der Waals surface area contributed by atoms with Crippen LogP contribution in [0.5, 0.6) is 46.0 Å². The van der Waals surface area contributed by atoms with E-state index in [0.29, 0.717) is 88.4 Å². The number of carbonyl (C=O) groups excluding carboxylic acids is 1. The summed E-state index contributed by atoms with van der Waals surface area (Å²) in [6.45, 7) is 3.33. The number of aryl methyl sites for hydroxylation is 2. The highest BCUT2D eigenvalue weighted by atomic mass is 35.5. The van der Waals surface area contributed by atoms with Gasteiger partial charge in [-0.05, 0) is 167 Å². The Bertz CT molecular complexity index is 5450. The molecular weight excluding hydrogens is 1540 g/mol. The van der Waals surface area contributed by atoms with Crippen molar-refractivity contribution in [2.45, 2.75) is 59.2 Å². The predicted molar refractivity (Wildman–Crippen MR) is 377 cm³/mol. The molecule has 0 saturated heterocycles. The first-order valence-corrected chi connectivity index (χ1v) is 34.3. The lowest BCUT2D eigenvalue weighted by molar-refractivity contribution is -0.432. The zero-order valence-electron chi connectivity index (χ0n) is 55.9. The molecule has 0 aliphatic rings. The highest BCUT2D eigenvalue weighted by Crippen LogP contribution is 2.59. The number of nitrogens with zero attached hydrogens (tertiary/aromatic N) is 4. The Hall–Kier alpha value is -11.9. The van der Waals surface area contributed by atoms with Gasteiger partial charge in [0.15, 0.2) is 5.78 Å². The van der Waals surface area contributed by atoms with Crippen molar-refractivity contribution in [3.8, 4) is 92.5 Å². The highest BCUT2D eigenvalue weighted by molar-refractivity contribution is 7.94. The number of nitriles is 4. The van der Waals surface area contributed by atoms with Crippen LogP contribution < -0.4 is 18.9 Å². The SMILES string of the molecule is Cc1ccc(-c2cccc(Oc3ccc(C(c4ccc(Oc5cccc(C)c5C#N)cc4)(C(F)(F)F)C(F)(F)F)cc3)c2C#N)cc1C(=O)c1ccc(-c2ccc(S(=O)(=O)O)cc2SOOO)cc1.N#Cc1c(Cl)cccc1Oc1ccc(C(c2ccc(Oc3cccc(Cl)c3C#N)cc2)(C(F)(F)F)C(F)(F)F)cc1. The van der Waals surface area contributed by atoms with E-state index < -0.39 is 78.6 Å². The fourth-order valence-corrected chi connectivity index (χ4v) is 13.4. The minimum absolute atomic E-state index is 0.0273. The third-order valence-electron chi connectivity index (χ3n) is 17.1. The smallest absolute Gasteiger partial charge is 0.411 e. The second kappa shape index (κ2) is 32.5. The van der Waals surface area contributed by atoms with Crippen LogP contribution in [-0.4, -0.2) is 48.7 Å². The average Bonchev–Trinajstić information content (AvgIpc) is 0.721. The standard InChI is InChI=1S/C50H32F6N2O9S2.C29H14Cl2F6N2O2/c1-29-5-3-7-44(42(29)27-57)64-36-19-15-34(16-20-36)48(49(51,52)53,50(54,55)56)35-17-21-37(22-18-35)65-45-8-4-6-39(43(45)28-58)33-10-9-30(2)41(25-33)47(59)32-13-11-31(12-14-32)40-24-23-38(69(61,62)63)26-46(40)68-67-66-60;30-23-3-1-5-25(21(23)15-38)40-19-11-7-17(8-12-19)27(28(32,33)34,29(35,36)37)18-9-13-20(14-10-18)41-26-6-2-4-24(31)22(26)16-39/h3-26,60H,1-2H3,(H,61,62,63);1-14H. The van der Waals surface area contributed by atoms with E-state index in [-0.39, 0.29) is 99.9 Å². The van der Waals surface area contributed by atoms with E-state index in [9.17, 15) is 65.2 Å². The Morgan fingerprint density at radius 3 is 1.15 bits per heavy atom. The molecule has 0 heterocycles. The van der Waals surface area contributed by atoms with Gasteiger partial charge in [-0.1, -0.05) is 156 Å². The van der Waals surface area contributed by atoms with Gasteiger partial charge in [0.05, 0.1) is 32.5 Å². The van der Waals surface area contributed by atoms with E-state index in [2.05, 4.69) is 9.37 Å². The molecule has 0 bridgehead atoms. The first kappa shape index (κ1) is 80.7. The van der Waals surface area contributed by atoms with Crippen LogP contribution in [0, 0.1) is 59.2 Å².